The molecule has 3 aromatic rings. The molecule has 0 radical (unpaired) electrons. The molecule has 0 bridgehead atoms. The summed E-state index contributed by atoms with van der Waals surface area (Å²) < 4.78 is 0. The Bertz CT molecular complexity index is 741. The highest BCUT2D eigenvalue weighted by Crippen LogP contribution is 2.27. The molecule has 2 heterocycles. The van der Waals surface area contributed by atoms with Gasteiger partial charge >= 0.3 is 0 Å². The minimum absolute atomic E-state index is 0.613. The van der Waals surface area contributed by atoms with Gasteiger partial charge in [0.2, 0.25) is 5.95 Å². The highest BCUT2D eigenvalue weighted by Gasteiger charge is 2.08. The minimum Gasteiger partial charge on any atom is -0.365 e. The van der Waals surface area contributed by atoms with Crippen LogP contribution in [0.5, 0.6) is 0 Å². The van der Waals surface area contributed by atoms with Crippen molar-refractivity contribution >= 4 is 44.9 Å². The number of fused-ring (bicyclic) bond motifs is 1. The molecule has 1 aromatic carbocycles. The number of halogens is 1. The lowest BCUT2D eigenvalue weighted by Crippen LogP contribution is -2.05. The second-order valence-corrected chi connectivity index (χ2v) is 5.53. The predicted molar refractivity (Wildman–Crippen MR) is 85.7 cm³/mol. The van der Waals surface area contributed by atoms with Gasteiger partial charge in [0.25, 0.3) is 0 Å². The zero-order valence-electron chi connectivity index (χ0n) is 10.9. The standard InChI is InChI=1S/C14H13ClN4S/c1-16-14-18-12(10-6-7-20-13(10)19-14)17-8-9-4-2-3-5-11(9)15/h2-7H,8H2,1H3,(H2,16,17,18,19). The van der Waals surface area contributed by atoms with E-state index in [-0.39, 0.29) is 0 Å². The number of benzene rings is 1. The normalized spacial score (nSPS) is 10.7. The Morgan fingerprint density at radius 2 is 2.05 bits per heavy atom. The number of thiophene rings is 1. The summed E-state index contributed by atoms with van der Waals surface area (Å²) in [5.41, 5.74) is 1.04. The molecule has 2 aromatic heterocycles. The zero-order chi connectivity index (χ0) is 13.9. The lowest BCUT2D eigenvalue weighted by atomic mass is 10.2. The van der Waals surface area contributed by atoms with Crippen molar-refractivity contribution in [3.05, 3.63) is 46.3 Å². The fraction of sp³-hybridized carbons (Fsp3) is 0.143. The van der Waals surface area contributed by atoms with E-state index in [0.717, 1.165) is 26.6 Å². The van der Waals surface area contributed by atoms with Crippen molar-refractivity contribution in [2.75, 3.05) is 17.7 Å². The second kappa shape index (κ2) is 5.64. The average molecular weight is 305 g/mol. The Morgan fingerprint density at radius 1 is 1.20 bits per heavy atom. The van der Waals surface area contributed by atoms with Crippen LogP contribution in [0.1, 0.15) is 5.56 Å². The molecule has 0 aliphatic heterocycles. The summed E-state index contributed by atoms with van der Waals surface area (Å²) in [4.78, 5) is 9.85. The minimum atomic E-state index is 0.613. The molecule has 20 heavy (non-hydrogen) atoms. The van der Waals surface area contributed by atoms with Gasteiger partial charge in [-0.3, -0.25) is 0 Å². The molecule has 0 aliphatic rings. The number of nitrogens with zero attached hydrogens (tertiary/aromatic N) is 2. The van der Waals surface area contributed by atoms with Gasteiger partial charge in [-0.2, -0.15) is 4.98 Å². The molecule has 6 heteroatoms. The van der Waals surface area contributed by atoms with Gasteiger partial charge in [-0.25, -0.2) is 4.98 Å². The SMILES string of the molecule is CNc1nc(NCc2ccccc2Cl)c2ccsc2n1. The van der Waals surface area contributed by atoms with Gasteiger partial charge in [0, 0.05) is 18.6 Å². The molecule has 4 nitrogen and oxygen atoms in total. The third-order valence-corrected chi connectivity index (χ3v) is 4.13. The Hall–Kier alpha value is -1.85. The van der Waals surface area contributed by atoms with Crippen LogP contribution >= 0.6 is 22.9 Å². The highest BCUT2D eigenvalue weighted by molar-refractivity contribution is 7.16. The molecule has 0 amide bonds. The van der Waals surface area contributed by atoms with E-state index in [2.05, 4.69) is 20.6 Å². The van der Waals surface area contributed by atoms with E-state index in [1.807, 2.05) is 42.8 Å². The van der Waals surface area contributed by atoms with Gasteiger partial charge in [0.15, 0.2) is 0 Å². The molecule has 0 spiro atoms. The molecule has 0 atom stereocenters. The fourth-order valence-corrected chi connectivity index (χ4v) is 2.89. The van der Waals surface area contributed by atoms with Crippen LogP contribution < -0.4 is 10.6 Å². The molecule has 0 saturated heterocycles. The maximum Gasteiger partial charge on any atom is 0.225 e. The molecule has 0 aliphatic carbocycles. The van der Waals surface area contributed by atoms with Gasteiger partial charge in [0.1, 0.15) is 10.6 Å². The maximum absolute atomic E-state index is 6.16. The van der Waals surface area contributed by atoms with Crippen molar-refractivity contribution in [2.24, 2.45) is 0 Å². The average Bonchev–Trinajstić information content (AvgIpc) is 2.94. The van der Waals surface area contributed by atoms with Crippen LogP contribution in [0.2, 0.25) is 5.02 Å². The van der Waals surface area contributed by atoms with Gasteiger partial charge < -0.3 is 10.6 Å². The summed E-state index contributed by atoms with van der Waals surface area (Å²) in [6.45, 7) is 0.630. The van der Waals surface area contributed by atoms with Gasteiger partial charge in [0.05, 0.1) is 5.39 Å². The van der Waals surface area contributed by atoms with Crippen LogP contribution in [0, 0.1) is 0 Å². The quantitative estimate of drug-likeness (QED) is 0.765. The van der Waals surface area contributed by atoms with Crippen molar-refractivity contribution in [3.63, 3.8) is 0 Å². The van der Waals surface area contributed by atoms with E-state index in [1.165, 1.54) is 0 Å². The van der Waals surface area contributed by atoms with Crippen LogP contribution in [0.4, 0.5) is 11.8 Å². The van der Waals surface area contributed by atoms with Crippen molar-refractivity contribution in [2.45, 2.75) is 6.54 Å². The van der Waals surface area contributed by atoms with E-state index in [1.54, 1.807) is 11.3 Å². The van der Waals surface area contributed by atoms with E-state index < -0.39 is 0 Å². The molecule has 0 saturated carbocycles. The Balaban J connectivity index is 1.90. The summed E-state index contributed by atoms with van der Waals surface area (Å²) in [6.07, 6.45) is 0. The fourth-order valence-electron chi connectivity index (χ4n) is 1.92. The number of nitrogens with one attached hydrogen (secondary N) is 2. The third kappa shape index (κ3) is 2.55. The largest absolute Gasteiger partial charge is 0.365 e. The molecular formula is C14H13ClN4S. The van der Waals surface area contributed by atoms with Crippen molar-refractivity contribution in [3.8, 4) is 0 Å². The van der Waals surface area contributed by atoms with E-state index >= 15 is 0 Å². The molecule has 2 N–H and O–H groups in total. The first kappa shape index (κ1) is 13.1. The lowest BCUT2D eigenvalue weighted by Gasteiger charge is -2.09. The summed E-state index contributed by atoms with van der Waals surface area (Å²) in [5, 5.41) is 10.1. The van der Waals surface area contributed by atoms with Crippen molar-refractivity contribution in [1.29, 1.82) is 0 Å². The first-order valence-corrected chi connectivity index (χ1v) is 7.44. The smallest absolute Gasteiger partial charge is 0.225 e. The number of aromatic nitrogens is 2. The van der Waals surface area contributed by atoms with Gasteiger partial charge in [-0.1, -0.05) is 29.8 Å². The first-order valence-electron chi connectivity index (χ1n) is 6.18. The van der Waals surface area contributed by atoms with Gasteiger partial charge in [-0.15, -0.1) is 11.3 Å². The summed E-state index contributed by atoms with van der Waals surface area (Å²) in [6, 6.07) is 9.81. The molecule has 0 fully saturated rings. The van der Waals surface area contributed by atoms with Crippen molar-refractivity contribution in [1.82, 2.24) is 9.97 Å². The van der Waals surface area contributed by atoms with E-state index in [4.69, 9.17) is 11.6 Å². The molecule has 0 unspecified atom stereocenters. The number of hydrogen-bond donors (Lipinski definition) is 2. The van der Waals surface area contributed by atoms with Crippen LogP contribution in [0.3, 0.4) is 0 Å². The zero-order valence-corrected chi connectivity index (χ0v) is 12.4. The number of rotatable bonds is 4. The molecule has 102 valence electrons. The summed E-state index contributed by atoms with van der Waals surface area (Å²) >= 11 is 7.76. The Kier molecular flexibility index (Phi) is 3.71. The monoisotopic (exact) mass is 304 g/mol. The van der Waals surface area contributed by atoms with Gasteiger partial charge in [-0.05, 0) is 23.1 Å². The van der Waals surface area contributed by atoms with E-state index in [0.29, 0.717) is 12.5 Å². The predicted octanol–water partition coefficient (Wildman–Crippen LogP) is 4.00. The van der Waals surface area contributed by atoms with Crippen LogP contribution in [0.15, 0.2) is 35.7 Å². The molecular weight excluding hydrogens is 292 g/mol. The number of anilines is 2. The first-order chi connectivity index (χ1) is 9.78. The van der Waals surface area contributed by atoms with E-state index in [9.17, 15) is 0 Å². The summed E-state index contributed by atoms with van der Waals surface area (Å²) in [5.74, 6) is 1.43. The lowest BCUT2D eigenvalue weighted by molar-refractivity contribution is 1.10. The second-order valence-electron chi connectivity index (χ2n) is 4.23. The van der Waals surface area contributed by atoms with Crippen LogP contribution in [-0.4, -0.2) is 17.0 Å². The Morgan fingerprint density at radius 3 is 2.85 bits per heavy atom. The van der Waals surface area contributed by atoms with Crippen molar-refractivity contribution < 1.29 is 0 Å². The summed E-state index contributed by atoms with van der Waals surface area (Å²) in [7, 11) is 1.81. The van der Waals surface area contributed by atoms with Crippen LogP contribution in [-0.2, 0) is 6.54 Å². The maximum atomic E-state index is 6.16. The highest BCUT2D eigenvalue weighted by atomic mass is 35.5. The number of hydrogen-bond acceptors (Lipinski definition) is 5. The molecule has 3 rings (SSSR count). The third-order valence-electron chi connectivity index (χ3n) is 2.95. The topological polar surface area (TPSA) is 49.8 Å². The van der Waals surface area contributed by atoms with Crippen LogP contribution in [0.25, 0.3) is 10.2 Å². The Labute approximate surface area is 125 Å².